The van der Waals surface area contributed by atoms with E-state index in [2.05, 4.69) is 15.0 Å². The third-order valence-corrected chi connectivity index (χ3v) is 5.06. The summed E-state index contributed by atoms with van der Waals surface area (Å²) >= 11 is 0. The molecule has 4 rings (SSSR count). The van der Waals surface area contributed by atoms with E-state index < -0.39 is 11.6 Å². The molecule has 5 nitrogen and oxygen atoms in total. The fourth-order valence-corrected chi connectivity index (χ4v) is 3.83. The topological polar surface area (TPSA) is 54.2 Å². The molecule has 0 saturated carbocycles. The Morgan fingerprint density at radius 1 is 1.12 bits per heavy atom. The standard InChI is InChI=1S/C19H20F2N4O/c20-14-11-15-18(1-5-22-19(15)16(21)12-14)24-7-3-13(4-8-24)17-2-6-23-25(17)9-10-26/h1-2,5-6,11-13,26H,3-4,7-10H2. The minimum atomic E-state index is -0.635. The molecule has 3 aromatic rings. The zero-order chi connectivity index (χ0) is 18.1. The van der Waals surface area contributed by atoms with Crippen LogP contribution in [0.3, 0.4) is 0 Å². The lowest BCUT2D eigenvalue weighted by atomic mass is 9.93. The number of anilines is 1. The van der Waals surface area contributed by atoms with Crippen molar-refractivity contribution in [3.05, 3.63) is 54.0 Å². The van der Waals surface area contributed by atoms with E-state index in [1.165, 1.54) is 6.07 Å². The number of aromatic nitrogens is 3. The summed E-state index contributed by atoms with van der Waals surface area (Å²) < 4.78 is 29.6. The number of benzene rings is 1. The highest BCUT2D eigenvalue weighted by Crippen LogP contribution is 2.34. The van der Waals surface area contributed by atoms with Crippen LogP contribution in [0.2, 0.25) is 0 Å². The second kappa shape index (κ2) is 6.99. The van der Waals surface area contributed by atoms with Crippen LogP contribution in [0.4, 0.5) is 14.5 Å². The van der Waals surface area contributed by atoms with Gasteiger partial charge in [0, 0.05) is 54.2 Å². The largest absolute Gasteiger partial charge is 0.394 e. The summed E-state index contributed by atoms with van der Waals surface area (Å²) in [5, 5.41) is 13.9. The second-order valence-electron chi connectivity index (χ2n) is 6.58. The molecule has 0 aliphatic carbocycles. The molecule has 0 bridgehead atoms. The molecule has 1 aliphatic heterocycles. The SMILES string of the molecule is OCCn1nccc1C1CCN(c2ccnc3c(F)cc(F)cc23)CC1. The van der Waals surface area contributed by atoms with Gasteiger partial charge in [0.25, 0.3) is 0 Å². The van der Waals surface area contributed by atoms with Crippen molar-refractivity contribution in [3.63, 3.8) is 0 Å². The Morgan fingerprint density at radius 2 is 1.92 bits per heavy atom. The number of hydrogen-bond donors (Lipinski definition) is 1. The molecule has 7 heteroatoms. The highest BCUT2D eigenvalue weighted by Gasteiger charge is 2.24. The molecule has 1 saturated heterocycles. The Labute approximate surface area is 149 Å². The number of rotatable bonds is 4. The van der Waals surface area contributed by atoms with Gasteiger partial charge in [0.1, 0.15) is 11.3 Å². The van der Waals surface area contributed by atoms with Crippen molar-refractivity contribution in [2.75, 3.05) is 24.6 Å². The van der Waals surface area contributed by atoms with Crippen LogP contribution in [0.5, 0.6) is 0 Å². The van der Waals surface area contributed by atoms with Crippen molar-refractivity contribution in [1.82, 2.24) is 14.8 Å². The predicted molar refractivity (Wildman–Crippen MR) is 95.2 cm³/mol. The number of piperidine rings is 1. The van der Waals surface area contributed by atoms with Crippen LogP contribution in [0.1, 0.15) is 24.5 Å². The molecule has 1 fully saturated rings. The van der Waals surface area contributed by atoms with E-state index in [-0.39, 0.29) is 12.1 Å². The van der Waals surface area contributed by atoms with Crippen molar-refractivity contribution in [1.29, 1.82) is 0 Å². The molecule has 26 heavy (non-hydrogen) atoms. The van der Waals surface area contributed by atoms with E-state index in [4.69, 9.17) is 5.11 Å². The fourth-order valence-electron chi connectivity index (χ4n) is 3.83. The van der Waals surface area contributed by atoms with E-state index in [0.29, 0.717) is 17.8 Å². The van der Waals surface area contributed by atoms with E-state index in [1.54, 1.807) is 12.4 Å². The molecule has 2 aromatic heterocycles. The fraction of sp³-hybridized carbons (Fsp3) is 0.368. The molecule has 1 aromatic carbocycles. The van der Waals surface area contributed by atoms with Crippen LogP contribution in [0.15, 0.2) is 36.7 Å². The van der Waals surface area contributed by atoms with Gasteiger partial charge in [-0.25, -0.2) is 8.78 Å². The minimum Gasteiger partial charge on any atom is -0.394 e. The molecule has 0 radical (unpaired) electrons. The van der Waals surface area contributed by atoms with Crippen molar-refractivity contribution in [2.24, 2.45) is 0 Å². The van der Waals surface area contributed by atoms with Gasteiger partial charge >= 0.3 is 0 Å². The molecule has 0 spiro atoms. The van der Waals surface area contributed by atoms with Crippen molar-refractivity contribution in [2.45, 2.75) is 25.3 Å². The van der Waals surface area contributed by atoms with Gasteiger partial charge in [-0.15, -0.1) is 0 Å². The van der Waals surface area contributed by atoms with Crippen LogP contribution in [0, 0.1) is 11.6 Å². The summed E-state index contributed by atoms with van der Waals surface area (Å²) in [6.45, 7) is 2.13. The highest BCUT2D eigenvalue weighted by molar-refractivity contribution is 5.92. The highest BCUT2D eigenvalue weighted by atomic mass is 19.1. The van der Waals surface area contributed by atoms with Crippen molar-refractivity contribution < 1.29 is 13.9 Å². The number of nitrogens with zero attached hydrogens (tertiary/aromatic N) is 4. The van der Waals surface area contributed by atoms with Crippen molar-refractivity contribution >= 4 is 16.6 Å². The predicted octanol–water partition coefficient (Wildman–Crippen LogP) is 3.09. The van der Waals surface area contributed by atoms with Gasteiger partial charge in [0.15, 0.2) is 5.82 Å². The van der Waals surface area contributed by atoms with Gasteiger partial charge < -0.3 is 10.0 Å². The molecule has 136 valence electrons. The second-order valence-corrected chi connectivity index (χ2v) is 6.58. The Kier molecular flexibility index (Phi) is 4.55. The van der Waals surface area contributed by atoms with Crippen LogP contribution in [0.25, 0.3) is 10.9 Å². The van der Waals surface area contributed by atoms with E-state index >= 15 is 0 Å². The summed E-state index contributed by atoms with van der Waals surface area (Å²) in [7, 11) is 0. The van der Waals surface area contributed by atoms with Gasteiger partial charge in [-0.1, -0.05) is 0 Å². The zero-order valence-corrected chi connectivity index (χ0v) is 14.3. The summed E-state index contributed by atoms with van der Waals surface area (Å²) in [5.74, 6) is -0.862. The first-order chi connectivity index (χ1) is 12.7. The Bertz CT molecular complexity index is 919. The quantitative estimate of drug-likeness (QED) is 0.779. The monoisotopic (exact) mass is 358 g/mol. The summed E-state index contributed by atoms with van der Waals surface area (Å²) in [6, 6.07) is 6.04. The Hall–Kier alpha value is -2.54. The molecule has 3 heterocycles. The van der Waals surface area contributed by atoms with Gasteiger partial charge in [-0.05, 0) is 31.0 Å². The van der Waals surface area contributed by atoms with E-state index in [9.17, 15) is 8.78 Å². The third kappa shape index (κ3) is 3.03. The molecule has 1 N–H and O–H groups in total. The maximum Gasteiger partial charge on any atom is 0.152 e. The molecule has 0 amide bonds. The van der Waals surface area contributed by atoms with Gasteiger partial charge in [0.2, 0.25) is 0 Å². The lowest BCUT2D eigenvalue weighted by Crippen LogP contribution is -2.33. The molecule has 0 unspecified atom stereocenters. The van der Waals surface area contributed by atoms with Gasteiger partial charge in [0.05, 0.1) is 13.2 Å². The molecular formula is C19H20F2N4O. The molecule has 1 aliphatic rings. The average Bonchev–Trinajstić information content (AvgIpc) is 3.10. The Balaban J connectivity index is 1.57. The number of aliphatic hydroxyl groups is 1. The molecule has 0 atom stereocenters. The van der Waals surface area contributed by atoms with Gasteiger partial charge in [-0.2, -0.15) is 5.10 Å². The first-order valence-corrected chi connectivity index (χ1v) is 8.78. The van der Waals surface area contributed by atoms with Crippen molar-refractivity contribution in [3.8, 4) is 0 Å². The first-order valence-electron chi connectivity index (χ1n) is 8.78. The smallest absolute Gasteiger partial charge is 0.152 e. The van der Waals surface area contributed by atoms with E-state index in [1.807, 2.05) is 16.8 Å². The van der Waals surface area contributed by atoms with Crippen LogP contribution < -0.4 is 4.90 Å². The lowest BCUT2D eigenvalue weighted by Gasteiger charge is -2.34. The Morgan fingerprint density at radius 3 is 2.69 bits per heavy atom. The number of aliphatic hydroxyl groups excluding tert-OH is 1. The number of hydrogen-bond acceptors (Lipinski definition) is 4. The summed E-state index contributed by atoms with van der Waals surface area (Å²) in [6.07, 6.45) is 5.16. The first kappa shape index (κ1) is 16.9. The minimum absolute atomic E-state index is 0.0632. The molecular weight excluding hydrogens is 338 g/mol. The van der Waals surface area contributed by atoms with Gasteiger partial charge in [-0.3, -0.25) is 9.67 Å². The maximum atomic E-state index is 14.0. The average molecular weight is 358 g/mol. The normalized spacial score (nSPS) is 15.7. The van der Waals surface area contributed by atoms with Crippen LogP contribution in [-0.4, -0.2) is 39.6 Å². The van der Waals surface area contributed by atoms with Crippen LogP contribution >= 0.6 is 0 Å². The summed E-state index contributed by atoms with van der Waals surface area (Å²) in [4.78, 5) is 6.22. The lowest BCUT2D eigenvalue weighted by molar-refractivity contribution is 0.265. The summed E-state index contributed by atoms with van der Waals surface area (Å²) in [5.41, 5.74) is 2.15. The van der Waals surface area contributed by atoms with Crippen LogP contribution in [-0.2, 0) is 6.54 Å². The maximum absolute atomic E-state index is 14.0. The van der Waals surface area contributed by atoms with E-state index in [0.717, 1.165) is 43.4 Å². The number of pyridine rings is 1. The third-order valence-electron chi connectivity index (χ3n) is 5.06. The number of fused-ring (bicyclic) bond motifs is 1. The number of halogens is 2. The zero-order valence-electron chi connectivity index (χ0n) is 14.3.